The zero-order chi connectivity index (χ0) is 13.7. The molecule has 0 atom stereocenters. The minimum Gasteiger partial charge on any atom is -0.384 e. The summed E-state index contributed by atoms with van der Waals surface area (Å²) in [6, 6.07) is 7.12. The van der Waals surface area contributed by atoms with Crippen LogP contribution in [0.15, 0.2) is 36.7 Å². The number of amides is 1. The quantitative estimate of drug-likeness (QED) is 0.787. The van der Waals surface area contributed by atoms with Crippen molar-refractivity contribution in [3.05, 3.63) is 47.8 Å². The molecule has 0 spiro atoms. The fourth-order valence-corrected chi connectivity index (χ4v) is 1.56. The van der Waals surface area contributed by atoms with Gasteiger partial charge < -0.3 is 10.4 Å². The van der Waals surface area contributed by atoms with Gasteiger partial charge in [-0.1, -0.05) is 17.9 Å². The number of hydrogen-bond donors (Lipinski definition) is 2. The fourth-order valence-electron chi connectivity index (χ4n) is 1.56. The summed E-state index contributed by atoms with van der Waals surface area (Å²) in [7, 11) is 1.75. The summed E-state index contributed by atoms with van der Waals surface area (Å²) in [6.07, 6.45) is 3.15. The number of aryl methyl sites for hydroxylation is 1. The first-order chi connectivity index (χ1) is 9.19. The Balaban J connectivity index is 2.13. The Morgan fingerprint density at radius 1 is 1.53 bits per heavy atom. The van der Waals surface area contributed by atoms with Gasteiger partial charge in [-0.2, -0.15) is 5.10 Å². The monoisotopic (exact) mass is 255 g/mol. The van der Waals surface area contributed by atoms with Crippen molar-refractivity contribution in [3.63, 3.8) is 0 Å². The maximum atomic E-state index is 11.9. The van der Waals surface area contributed by atoms with E-state index in [0.717, 1.165) is 5.56 Å². The highest BCUT2D eigenvalue weighted by molar-refractivity contribution is 6.03. The number of hydrogen-bond acceptors (Lipinski definition) is 3. The van der Waals surface area contributed by atoms with Gasteiger partial charge in [-0.25, -0.2) is 0 Å². The van der Waals surface area contributed by atoms with Crippen molar-refractivity contribution in [1.29, 1.82) is 0 Å². The molecule has 5 nitrogen and oxygen atoms in total. The van der Waals surface area contributed by atoms with E-state index < -0.39 is 0 Å². The molecule has 19 heavy (non-hydrogen) atoms. The Labute approximate surface area is 110 Å². The SMILES string of the molecule is Cn1cc(C(=O)Nc2cccc(C#CCO)c2)cn1. The van der Waals surface area contributed by atoms with Crippen molar-refractivity contribution in [2.75, 3.05) is 11.9 Å². The number of anilines is 1. The number of nitrogens with one attached hydrogen (secondary N) is 1. The van der Waals surface area contributed by atoms with Gasteiger partial charge >= 0.3 is 0 Å². The second kappa shape index (κ2) is 5.85. The summed E-state index contributed by atoms with van der Waals surface area (Å²) >= 11 is 0. The lowest BCUT2D eigenvalue weighted by Gasteiger charge is -2.03. The molecular formula is C14H13N3O2. The minimum atomic E-state index is -0.222. The van der Waals surface area contributed by atoms with Gasteiger partial charge in [0.15, 0.2) is 0 Å². The molecule has 5 heteroatoms. The van der Waals surface area contributed by atoms with Crippen molar-refractivity contribution in [2.24, 2.45) is 7.05 Å². The van der Waals surface area contributed by atoms with Crippen molar-refractivity contribution in [3.8, 4) is 11.8 Å². The Morgan fingerprint density at radius 2 is 2.37 bits per heavy atom. The number of aliphatic hydroxyl groups excluding tert-OH is 1. The van der Waals surface area contributed by atoms with Crippen LogP contribution in [0.4, 0.5) is 5.69 Å². The third-order valence-corrected chi connectivity index (χ3v) is 2.40. The number of carbonyl (C=O) groups is 1. The summed E-state index contributed by atoms with van der Waals surface area (Å²) in [6.45, 7) is -0.188. The Hall–Kier alpha value is -2.58. The van der Waals surface area contributed by atoms with Gasteiger partial charge in [0.05, 0.1) is 11.8 Å². The number of aromatic nitrogens is 2. The van der Waals surface area contributed by atoms with E-state index in [0.29, 0.717) is 11.3 Å². The highest BCUT2D eigenvalue weighted by Crippen LogP contribution is 2.11. The first-order valence-corrected chi connectivity index (χ1v) is 5.69. The van der Waals surface area contributed by atoms with E-state index in [1.54, 1.807) is 36.1 Å². The lowest BCUT2D eigenvalue weighted by molar-refractivity contribution is 0.102. The number of benzene rings is 1. The molecule has 1 aromatic carbocycles. The summed E-state index contributed by atoms with van der Waals surface area (Å²) in [5.41, 5.74) is 1.88. The summed E-state index contributed by atoms with van der Waals surface area (Å²) < 4.78 is 1.57. The van der Waals surface area contributed by atoms with Crippen LogP contribution >= 0.6 is 0 Å². The van der Waals surface area contributed by atoms with E-state index in [4.69, 9.17) is 5.11 Å². The second-order valence-electron chi connectivity index (χ2n) is 3.90. The molecule has 2 rings (SSSR count). The van der Waals surface area contributed by atoms with Gasteiger partial charge in [-0.3, -0.25) is 9.48 Å². The van der Waals surface area contributed by atoms with Crippen molar-refractivity contribution in [1.82, 2.24) is 9.78 Å². The third-order valence-electron chi connectivity index (χ3n) is 2.40. The molecule has 1 aromatic heterocycles. The highest BCUT2D eigenvalue weighted by atomic mass is 16.2. The molecule has 0 bridgehead atoms. The Bertz CT molecular complexity index is 650. The highest BCUT2D eigenvalue weighted by Gasteiger charge is 2.07. The molecule has 2 aromatic rings. The van der Waals surface area contributed by atoms with Crippen LogP contribution < -0.4 is 5.32 Å². The van der Waals surface area contributed by atoms with Crippen molar-refractivity contribution < 1.29 is 9.90 Å². The molecule has 0 aliphatic rings. The van der Waals surface area contributed by atoms with E-state index >= 15 is 0 Å². The fraction of sp³-hybridized carbons (Fsp3) is 0.143. The average molecular weight is 255 g/mol. The van der Waals surface area contributed by atoms with Gasteiger partial charge in [0.25, 0.3) is 5.91 Å². The molecule has 0 aliphatic heterocycles. The molecule has 0 saturated carbocycles. The second-order valence-corrected chi connectivity index (χ2v) is 3.90. The molecule has 0 fully saturated rings. The van der Waals surface area contributed by atoms with Crippen LogP contribution in [0.5, 0.6) is 0 Å². The van der Waals surface area contributed by atoms with Crippen LogP contribution in [0.25, 0.3) is 0 Å². The largest absolute Gasteiger partial charge is 0.384 e. The molecule has 0 radical (unpaired) electrons. The summed E-state index contributed by atoms with van der Waals surface area (Å²) in [5.74, 6) is 5.12. The predicted molar refractivity (Wildman–Crippen MR) is 71.6 cm³/mol. The molecular weight excluding hydrogens is 242 g/mol. The topological polar surface area (TPSA) is 67.2 Å². The van der Waals surface area contributed by atoms with E-state index in [1.807, 2.05) is 6.07 Å². The molecule has 0 aliphatic carbocycles. The molecule has 0 saturated heterocycles. The van der Waals surface area contributed by atoms with Crippen LogP contribution in [0.2, 0.25) is 0 Å². The van der Waals surface area contributed by atoms with Crippen LogP contribution in [0, 0.1) is 11.8 Å². The Morgan fingerprint density at radius 3 is 3.05 bits per heavy atom. The van der Waals surface area contributed by atoms with E-state index in [9.17, 15) is 4.79 Å². The number of aliphatic hydroxyl groups is 1. The van der Waals surface area contributed by atoms with Gasteiger partial charge in [-0.15, -0.1) is 0 Å². The van der Waals surface area contributed by atoms with Crippen LogP contribution in [0.3, 0.4) is 0 Å². The zero-order valence-corrected chi connectivity index (χ0v) is 10.4. The Kier molecular flexibility index (Phi) is 3.96. The first-order valence-electron chi connectivity index (χ1n) is 5.69. The van der Waals surface area contributed by atoms with Gasteiger partial charge in [0.1, 0.15) is 6.61 Å². The average Bonchev–Trinajstić information content (AvgIpc) is 2.83. The van der Waals surface area contributed by atoms with Gasteiger partial charge in [-0.05, 0) is 18.2 Å². The maximum absolute atomic E-state index is 11.9. The maximum Gasteiger partial charge on any atom is 0.258 e. The molecule has 2 N–H and O–H groups in total. The van der Waals surface area contributed by atoms with Crippen LogP contribution in [-0.4, -0.2) is 27.4 Å². The zero-order valence-electron chi connectivity index (χ0n) is 10.4. The number of carbonyl (C=O) groups excluding carboxylic acids is 1. The molecule has 0 unspecified atom stereocenters. The predicted octanol–water partition coefficient (Wildman–Crippen LogP) is 1.02. The van der Waals surface area contributed by atoms with E-state index in [-0.39, 0.29) is 12.5 Å². The molecule has 96 valence electrons. The van der Waals surface area contributed by atoms with Crippen molar-refractivity contribution in [2.45, 2.75) is 0 Å². The smallest absolute Gasteiger partial charge is 0.258 e. The third kappa shape index (κ3) is 3.44. The normalized spacial score (nSPS) is 9.58. The lowest BCUT2D eigenvalue weighted by atomic mass is 10.2. The number of rotatable bonds is 2. The first kappa shape index (κ1) is 12.9. The summed E-state index contributed by atoms with van der Waals surface area (Å²) in [5, 5.41) is 15.3. The number of nitrogens with zero attached hydrogens (tertiary/aromatic N) is 2. The van der Waals surface area contributed by atoms with Crippen molar-refractivity contribution >= 4 is 11.6 Å². The van der Waals surface area contributed by atoms with Crippen LogP contribution in [0.1, 0.15) is 15.9 Å². The molecule has 1 amide bonds. The van der Waals surface area contributed by atoms with Gasteiger partial charge in [0, 0.05) is 24.5 Å². The summed E-state index contributed by atoms with van der Waals surface area (Å²) in [4.78, 5) is 11.9. The van der Waals surface area contributed by atoms with Crippen LogP contribution in [-0.2, 0) is 7.05 Å². The molecule has 1 heterocycles. The van der Waals surface area contributed by atoms with Gasteiger partial charge in [0.2, 0.25) is 0 Å². The van der Waals surface area contributed by atoms with E-state index in [1.165, 1.54) is 6.20 Å². The minimum absolute atomic E-state index is 0.188. The lowest BCUT2D eigenvalue weighted by Crippen LogP contribution is -2.11. The van der Waals surface area contributed by atoms with E-state index in [2.05, 4.69) is 22.3 Å². The standard InChI is InChI=1S/C14H13N3O2/c1-17-10-12(9-15-17)14(19)16-13-6-2-4-11(8-13)5-3-7-18/h2,4,6,8-10,18H,7H2,1H3,(H,16,19).